The zero-order valence-electron chi connectivity index (χ0n) is 5.61. The van der Waals surface area contributed by atoms with Crippen LogP contribution in [0.25, 0.3) is 5.41 Å². The summed E-state index contributed by atoms with van der Waals surface area (Å²) in [6.07, 6.45) is 3.92. The molecule has 0 unspecified atom stereocenters. The molecule has 0 spiro atoms. The van der Waals surface area contributed by atoms with Gasteiger partial charge in [-0.05, 0) is 6.08 Å². The third kappa shape index (κ3) is 3.84. The van der Waals surface area contributed by atoms with Gasteiger partial charge in [-0.2, -0.15) is 6.92 Å². The van der Waals surface area contributed by atoms with Gasteiger partial charge in [0.25, 0.3) is 0 Å². The molecule has 0 aromatic rings. The average molecular weight is 487 g/mol. The second-order valence-corrected chi connectivity index (χ2v) is 1.79. The molecule has 0 atom stereocenters. The third-order valence-electron chi connectivity index (χ3n) is 1.05. The summed E-state index contributed by atoms with van der Waals surface area (Å²) >= 11 is 0. The van der Waals surface area contributed by atoms with Crippen LogP contribution < -0.4 is 0 Å². The van der Waals surface area contributed by atoms with Crippen LogP contribution >= 0.6 is 0 Å². The molecule has 0 bridgehead atoms. The topological polar surface area (TPSA) is 39.4 Å². The van der Waals surface area contributed by atoms with E-state index in [-0.39, 0.29) is 53.6 Å². The quantitative estimate of drug-likeness (QED) is 0.370. The predicted molar refractivity (Wildman–Crippen MR) is 36.0 cm³/mol. The van der Waals surface area contributed by atoms with Crippen LogP contribution in [0.4, 0.5) is 0 Å². The molecule has 2 nitrogen and oxygen atoms in total. The van der Waals surface area contributed by atoms with Crippen molar-refractivity contribution in [3.63, 3.8) is 0 Å². The fraction of sp³-hybridized carbons (Fsp3) is 0. The van der Waals surface area contributed by atoms with Gasteiger partial charge in [-0.15, -0.1) is 12.2 Å². The standard InChI is InChI=1S/C7H5NO.2W/c1-5-4-6(9)2-3-7(5)8;;/h2-4H,1H2;;/q-2;;+2. The molecule has 4 heteroatoms. The molecule has 0 aromatic carbocycles. The van der Waals surface area contributed by atoms with Crippen molar-refractivity contribution < 1.29 is 46.9 Å². The molecule has 0 N–H and O–H groups in total. The van der Waals surface area contributed by atoms with E-state index in [1.807, 2.05) is 0 Å². The number of carbonyl (C=O) groups excluding carboxylic acids is 1. The van der Waals surface area contributed by atoms with Crippen LogP contribution in [0.1, 0.15) is 0 Å². The second kappa shape index (κ2) is 5.68. The molecule has 11 heavy (non-hydrogen) atoms. The maximum absolute atomic E-state index is 10.5. The summed E-state index contributed by atoms with van der Waals surface area (Å²) < 4.78 is 0. The SMILES string of the molecule is [CH2-]C1=CC(=O)C=CC1=[N-].[W+2].[W]. The Morgan fingerprint density at radius 1 is 1.36 bits per heavy atom. The molecule has 0 saturated heterocycles. The molecule has 0 aromatic heterocycles. The monoisotopic (exact) mass is 487 g/mol. The van der Waals surface area contributed by atoms with Gasteiger partial charge in [0.15, 0.2) is 0 Å². The molecule has 1 rings (SSSR count). The fourth-order valence-corrected chi connectivity index (χ4v) is 0.562. The minimum Gasteiger partial charge on any atom is -0.872 e. The molecule has 56 valence electrons. The van der Waals surface area contributed by atoms with E-state index in [9.17, 15) is 4.79 Å². The average Bonchev–Trinajstić information content (AvgIpc) is 1.80. The number of nitrogens with zero attached hydrogens (tertiary/aromatic N) is 1. The molecular weight excluding hydrogens is 482 g/mol. The Kier molecular flexibility index (Phi) is 7.05. The molecule has 0 fully saturated rings. The maximum atomic E-state index is 10.5. The van der Waals surface area contributed by atoms with Crippen LogP contribution in [0, 0.1) is 6.92 Å². The van der Waals surface area contributed by atoms with Crippen molar-refractivity contribution in [2.75, 3.05) is 0 Å². The predicted octanol–water partition coefficient (Wildman–Crippen LogP) is 0.891. The third-order valence-corrected chi connectivity index (χ3v) is 1.05. The van der Waals surface area contributed by atoms with Crippen molar-refractivity contribution in [1.82, 2.24) is 0 Å². The summed E-state index contributed by atoms with van der Waals surface area (Å²) in [5.74, 6) is -0.127. The number of ketones is 1. The normalized spacial score (nSPS) is 14.7. The molecule has 0 saturated carbocycles. The van der Waals surface area contributed by atoms with E-state index in [4.69, 9.17) is 5.41 Å². The zero-order chi connectivity index (χ0) is 6.85. The summed E-state index contributed by atoms with van der Waals surface area (Å²) in [4.78, 5) is 10.5. The summed E-state index contributed by atoms with van der Waals surface area (Å²) in [6, 6.07) is 0. The van der Waals surface area contributed by atoms with Crippen LogP contribution in [0.5, 0.6) is 0 Å². The van der Waals surface area contributed by atoms with Crippen LogP contribution in [-0.4, -0.2) is 11.5 Å². The van der Waals surface area contributed by atoms with E-state index in [1.54, 1.807) is 0 Å². The van der Waals surface area contributed by atoms with Gasteiger partial charge < -0.3 is 10.2 Å². The summed E-state index contributed by atoms with van der Waals surface area (Å²) in [5.41, 5.74) is 0.442. The van der Waals surface area contributed by atoms with Crippen LogP contribution in [0.3, 0.4) is 0 Å². The van der Waals surface area contributed by atoms with E-state index in [1.165, 1.54) is 18.2 Å². The van der Waals surface area contributed by atoms with E-state index in [2.05, 4.69) is 6.92 Å². The molecule has 0 heterocycles. The fourth-order valence-electron chi connectivity index (χ4n) is 0.562. The number of hydrogen-bond acceptors (Lipinski definition) is 1. The van der Waals surface area contributed by atoms with Gasteiger partial charge in [-0.1, -0.05) is 0 Å². The smallest absolute Gasteiger partial charge is 0.872 e. The summed E-state index contributed by atoms with van der Waals surface area (Å²) in [6.45, 7) is 3.43. The van der Waals surface area contributed by atoms with Crippen molar-refractivity contribution in [3.8, 4) is 0 Å². The van der Waals surface area contributed by atoms with Crippen molar-refractivity contribution in [2.24, 2.45) is 0 Å². The van der Waals surface area contributed by atoms with E-state index >= 15 is 0 Å². The van der Waals surface area contributed by atoms with Crippen molar-refractivity contribution in [3.05, 3.63) is 36.1 Å². The Balaban J connectivity index is 0. The van der Waals surface area contributed by atoms with E-state index in [0.717, 1.165) is 0 Å². The van der Waals surface area contributed by atoms with Gasteiger partial charge in [0.05, 0.1) is 0 Å². The van der Waals surface area contributed by atoms with Crippen LogP contribution in [0.15, 0.2) is 23.8 Å². The molecule has 1 aliphatic carbocycles. The number of allylic oxidation sites excluding steroid dienone is 4. The van der Waals surface area contributed by atoms with Gasteiger partial charge in [0.1, 0.15) is 5.78 Å². The van der Waals surface area contributed by atoms with E-state index in [0.29, 0.717) is 5.57 Å². The van der Waals surface area contributed by atoms with Crippen molar-refractivity contribution in [1.29, 1.82) is 0 Å². The number of rotatable bonds is 0. The molecular formula is C7H5NOW2. The summed E-state index contributed by atoms with van der Waals surface area (Å²) in [7, 11) is 0. The molecule has 0 aliphatic heterocycles. The van der Waals surface area contributed by atoms with Crippen LogP contribution in [-0.2, 0) is 46.9 Å². The minimum atomic E-state index is -0.127. The van der Waals surface area contributed by atoms with Crippen molar-refractivity contribution >= 4 is 11.5 Å². The second-order valence-electron chi connectivity index (χ2n) is 1.79. The zero-order valence-corrected chi connectivity index (χ0v) is 11.5. The minimum absolute atomic E-state index is 0. The number of hydrogen-bond donors (Lipinski definition) is 0. The van der Waals surface area contributed by atoms with Gasteiger partial charge in [0, 0.05) is 21.1 Å². The summed E-state index contributed by atoms with van der Waals surface area (Å²) in [5, 5.41) is 8.84. The Hall–Kier alpha value is 0.0666. The first-order chi connectivity index (χ1) is 4.20. The van der Waals surface area contributed by atoms with Crippen LogP contribution in [0.2, 0.25) is 0 Å². The maximum Gasteiger partial charge on any atom is 2.00 e. The first-order valence-corrected chi connectivity index (χ1v) is 2.52. The largest absolute Gasteiger partial charge is 2.00 e. The number of carbonyl (C=O) groups is 1. The first-order valence-electron chi connectivity index (χ1n) is 2.52. The Labute approximate surface area is 94.2 Å². The first kappa shape index (κ1) is 13.6. The van der Waals surface area contributed by atoms with Gasteiger partial charge in [-0.25, -0.2) is 5.57 Å². The van der Waals surface area contributed by atoms with Gasteiger partial charge in [0.2, 0.25) is 0 Å². The molecule has 0 radical (unpaired) electrons. The van der Waals surface area contributed by atoms with Crippen molar-refractivity contribution in [2.45, 2.75) is 0 Å². The Bertz CT molecular complexity index is 231. The molecule has 0 amide bonds. The van der Waals surface area contributed by atoms with E-state index < -0.39 is 0 Å². The van der Waals surface area contributed by atoms with Gasteiger partial charge in [-0.3, -0.25) is 5.71 Å². The van der Waals surface area contributed by atoms with Gasteiger partial charge >= 0.3 is 21.1 Å². The molecule has 1 aliphatic rings. The Morgan fingerprint density at radius 3 is 2.27 bits per heavy atom. The Morgan fingerprint density at radius 2 is 1.91 bits per heavy atom.